The average molecular weight is 472 g/mol. The molecule has 0 saturated heterocycles. The fourth-order valence-corrected chi connectivity index (χ4v) is 4.10. The molecule has 1 N–H and O–H groups in total. The largest absolute Gasteiger partial charge is 0.310 e. The van der Waals surface area contributed by atoms with Gasteiger partial charge in [-0.25, -0.2) is 0 Å². The molecule has 168 valence electrons. The molecule has 32 heavy (non-hydrogen) atoms. The highest BCUT2D eigenvalue weighted by molar-refractivity contribution is 6.35. The Morgan fingerprint density at radius 2 is 1.84 bits per heavy atom. The molecule has 1 aliphatic rings. The van der Waals surface area contributed by atoms with Gasteiger partial charge in [0.2, 0.25) is 0 Å². The number of benzene rings is 2. The van der Waals surface area contributed by atoms with Crippen LogP contribution in [0.25, 0.3) is 5.69 Å². The maximum absolute atomic E-state index is 13.5. The summed E-state index contributed by atoms with van der Waals surface area (Å²) in [5.74, 6) is 2.18. The third-order valence-electron chi connectivity index (χ3n) is 5.53. The molecule has 0 spiro atoms. The van der Waals surface area contributed by atoms with Gasteiger partial charge in [0.1, 0.15) is 0 Å². The Bertz CT molecular complexity index is 1110. The van der Waals surface area contributed by atoms with Crippen molar-refractivity contribution in [3.8, 4) is 5.69 Å². The van der Waals surface area contributed by atoms with E-state index in [4.69, 9.17) is 23.2 Å². The van der Waals surface area contributed by atoms with Crippen LogP contribution in [0.1, 0.15) is 46.8 Å². The number of aromatic nitrogens is 3. The number of nitrogens with zero attached hydrogens (tertiary/aromatic N) is 4. The van der Waals surface area contributed by atoms with Gasteiger partial charge in [0.05, 0.1) is 23.8 Å². The van der Waals surface area contributed by atoms with Crippen LogP contribution in [-0.4, -0.2) is 46.1 Å². The Kier molecular flexibility index (Phi) is 7.26. The van der Waals surface area contributed by atoms with Crippen LogP contribution in [-0.2, 0) is 13.1 Å². The summed E-state index contributed by atoms with van der Waals surface area (Å²) in [7, 11) is 3.95. The van der Waals surface area contributed by atoms with Crippen molar-refractivity contribution in [2.24, 2.45) is 5.92 Å². The van der Waals surface area contributed by atoms with E-state index in [0.29, 0.717) is 39.9 Å². The summed E-state index contributed by atoms with van der Waals surface area (Å²) < 4.78 is 1.94. The van der Waals surface area contributed by atoms with Gasteiger partial charge in [-0.2, -0.15) is 0 Å². The van der Waals surface area contributed by atoms with Crippen molar-refractivity contribution in [1.82, 2.24) is 25.0 Å². The molecular formula is C24H27Cl2N5O. The van der Waals surface area contributed by atoms with Gasteiger partial charge in [0, 0.05) is 16.1 Å². The van der Waals surface area contributed by atoms with Crippen LogP contribution in [0.15, 0.2) is 42.5 Å². The lowest BCUT2D eigenvalue weighted by atomic mass is 10.0. The number of carbonyl (C=O) groups is 1. The summed E-state index contributed by atoms with van der Waals surface area (Å²) in [6.07, 6.45) is 3.84. The van der Waals surface area contributed by atoms with Crippen molar-refractivity contribution in [1.29, 1.82) is 0 Å². The molecule has 0 unspecified atom stereocenters. The third kappa shape index (κ3) is 5.38. The number of nitrogens with one attached hydrogen (secondary N) is 1. The summed E-state index contributed by atoms with van der Waals surface area (Å²) in [6.45, 7) is 2.06. The maximum Gasteiger partial charge on any atom is 0.196 e. The molecule has 1 saturated carbocycles. The predicted octanol–water partition coefficient (Wildman–Crippen LogP) is 4.76. The number of hydrogen-bond acceptors (Lipinski definition) is 5. The number of carbonyl (C=O) groups excluding carboxylic acids is 1. The zero-order valence-electron chi connectivity index (χ0n) is 18.3. The molecule has 8 heteroatoms. The lowest BCUT2D eigenvalue weighted by molar-refractivity contribution is 0.103. The van der Waals surface area contributed by atoms with Crippen molar-refractivity contribution in [3.63, 3.8) is 0 Å². The molecule has 0 atom stereocenters. The first kappa shape index (κ1) is 22.9. The molecule has 0 amide bonds. The molecule has 0 bridgehead atoms. The summed E-state index contributed by atoms with van der Waals surface area (Å²) in [4.78, 5) is 15.5. The highest BCUT2D eigenvalue weighted by Crippen LogP contribution is 2.32. The van der Waals surface area contributed by atoms with Crippen LogP contribution in [0.5, 0.6) is 0 Å². The number of rotatable bonds is 10. The van der Waals surface area contributed by atoms with Gasteiger partial charge in [-0.1, -0.05) is 48.2 Å². The van der Waals surface area contributed by atoms with E-state index < -0.39 is 0 Å². The van der Waals surface area contributed by atoms with E-state index >= 15 is 0 Å². The van der Waals surface area contributed by atoms with Crippen LogP contribution in [0.2, 0.25) is 10.0 Å². The minimum Gasteiger partial charge on any atom is -0.310 e. The smallest absolute Gasteiger partial charge is 0.196 e. The van der Waals surface area contributed by atoms with Crippen molar-refractivity contribution in [3.05, 3.63) is 75.3 Å². The van der Waals surface area contributed by atoms with Crippen molar-refractivity contribution in [2.45, 2.75) is 32.4 Å². The Morgan fingerprint density at radius 1 is 1.09 bits per heavy atom. The lowest BCUT2D eigenvalue weighted by Crippen LogP contribution is -2.21. The second-order valence-electron chi connectivity index (χ2n) is 8.48. The Morgan fingerprint density at radius 3 is 2.56 bits per heavy atom. The first-order valence-electron chi connectivity index (χ1n) is 10.8. The lowest BCUT2D eigenvalue weighted by Gasteiger charge is -2.17. The molecular weight excluding hydrogens is 445 g/mol. The van der Waals surface area contributed by atoms with Gasteiger partial charge in [-0.05, 0) is 63.3 Å². The number of ketones is 1. The first-order valence-corrected chi connectivity index (χ1v) is 11.6. The van der Waals surface area contributed by atoms with E-state index in [-0.39, 0.29) is 5.78 Å². The highest BCUT2D eigenvalue weighted by atomic mass is 35.5. The van der Waals surface area contributed by atoms with E-state index in [1.165, 1.54) is 19.3 Å². The fraction of sp³-hybridized carbons (Fsp3) is 0.375. The molecule has 1 heterocycles. The zero-order valence-corrected chi connectivity index (χ0v) is 19.8. The molecule has 4 rings (SSSR count). The molecule has 6 nitrogen and oxygen atoms in total. The van der Waals surface area contributed by atoms with Crippen molar-refractivity contribution in [2.75, 3.05) is 20.6 Å². The van der Waals surface area contributed by atoms with E-state index in [0.717, 1.165) is 24.1 Å². The normalized spacial score (nSPS) is 13.7. The minimum atomic E-state index is -0.167. The quantitative estimate of drug-likeness (QED) is 0.341. The zero-order chi connectivity index (χ0) is 22.7. The average Bonchev–Trinajstić information content (AvgIpc) is 3.51. The van der Waals surface area contributed by atoms with Gasteiger partial charge < -0.3 is 10.2 Å². The second kappa shape index (κ2) is 10.1. The Balaban J connectivity index is 1.73. The van der Waals surface area contributed by atoms with Crippen molar-refractivity contribution < 1.29 is 4.79 Å². The molecule has 0 radical (unpaired) electrons. The van der Waals surface area contributed by atoms with Crippen LogP contribution in [0, 0.1) is 5.92 Å². The maximum atomic E-state index is 13.5. The van der Waals surface area contributed by atoms with Crippen LogP contribution >= 0.6 is 23.2 Å². The first-order chi connectivity index (χ1) is 15.4. The van der Waals surface area contributed by atoms with E-state index in [1.807, 2.05) is 29.6 Å². The van der Waals surface area contributed by atoms with E-state index in [1.54, 1.807) is 36.4 Å². The Labute approximate surface area is 198 Å². The predicted molar refractivity (Wildman–Crippen MR) is 128 cm³/mol. The number of halogens is 2. The standard InChI is InChI=1S/C24H27Cl2N5O/c1-30(2)15-23-29-28-22(14-27-12-11-16-7-8-16)31(23)21-13-17(25)9-10-19(21)24(32)18-5-3-4-6-20(18)26/h3-6,9-10,13,16,27H,7-8,11-12,14-15H2,1-2H3. The van der Waals surface area contributed by atoms with Crippen LogP contribution in [0.3, 0.4) is 0 Å². The molecule has 1 aromatic heterocycles. The summed E-state index contributed by atoms with van der Waals surface area (Å²) >= 11 is 12.7. The number of hydrogen-bond donors (Lipinski definition) is 1. The third-order valence-corrected chi connectivity index (χ3v) is 6.09. The van der Waals surface area contributed by atoms with Gasteiger partial charge >= 0.3 is 0 Å². The van der Waals surface area contributed by atoms with Gasteiger partial charge in [-0.15, -0.1) is 10.2 Å². The summed E-state index contributed by atoms with van der Waals surface area (Å²) in [5, 5.41) is 13.3. The van der Waals surface area contributed by atoms with E-state index in [2.05, 4.69) is 15.5 Å². The highest BCUT2D eigenvalue weighted by Gasteiger charge is 2.23. The van der Waals surface area contributed by atoms with Crippen LogP contribution < -0.4 is 5.32 Å². The van der Waals surface area contributed by atoms with Crippen molar-refractivity contribution >= 4 is 29.0 Å². The molecule has 2 aromatic carbocycles. The molecule has 3 aromatic rings. The van der Waals surface area contributed by atoms with Crippen LogP contribution in [0.4, 0.5) is 0 Å². The van der Waals surface area contributed by atoms with Gasteiger partial charge in [0.25, 0.3) is 0 Å². The summed E-state index contributed by atoms with van der Waals surface area (Å²) in [6, 6.07) is 12.3. The second-order valence-corrected chi connectivity index (χ2v) is 9.33. The minimum absolute atomic E-state index is 0.167. The molecule has 1 aliphatic carbocycles. The fourth-order valence-electron chi connectivity index (χ4n) is 3.72. The van der Waals surface area contributed by atoms with Gasteiger partial charge in [-0.3, -0.25) is 9.36 Å². The van der Waals surface area contributed by atoms with E-state index in [9.17, 15) is 4.79 Å². The summed E-state index contributed by atoms with van der Waals surface area (Å²) in [5.41, 5.74) is 1.61. The Hall–Kier alpha value is -2.25. The SMILES string of the molecule is CN(C)Cc1nnc(CNCCC2CC2)n1-c1cc(Cl)ccc1C(=O)c1ccccc1Cl. The topological polar surface area (TPSA) is 63.1 Å². The van der Waals surface area contributed by atoms with Gasteiger partial charge in [0.15, 0.2) is 17.4 Å². The molecule has 1 fully saturated rings. The molecule has 0 aliphatic heterocycles. The monoisotopic (exact) mass is 471 g/mol.